The van der Waals surface area contributed by atoms with Gasteiger partial charge in [-0.3, -0.25) is 0 Å². The first-order chi connectivity index (χ1) is 56.6. The lowest BCUT2D eigenvalue weighted by molar-refractivity contribution is 0.410. The van der Waals surface area contributed by atoms with Gasteiger partial charge in [0.15, 0.2) is 0 Å². The van der Waals surface area contributed by atoms with Gasteiger partial charge < -0.3 is 18.9 Å². The molecular formula is C113H121BN4. The summed E-state index contributed by atoms with van der Waals surface area (Å²) >= 11 is 0. The molecule has 2 aliphatic heterocycles. The predicted octanol–water partition coefficient (Wildman–Crippen LogP) is 29.8. The molecule has 4 heterocycles. The van der Waals surface area contributed by atoms with Crippen LogP contribution in [0.5, 0.6) is 0 Å². The molecule has 118 heavy (non-hydrogen) atoms. The summed E-state index contributed by atoms with van der Waals surface area (Å²) in [7, 11) is 0. The fourth-order valence-corrected chi connectivity index (χ4v) is 19.6. The van der Waals surface area contributed by atoms with Gasteiger partial charge in [-0.25, -0.2) is 0 Å². The van der Waals surface area contributed by atoms with Crippen LogP contribution >= 0.6 is 0 Å². The zero-order chi connectivity index (χ0) is 84.9. The molecular weight excluding hydrogens is 1420 g/mol. The van der Waals surface area contributed by atoms with Crippen molar-refractivity contribution < 1.29 is 2.74 Å². The molecule has 0 atom stereocenters. The van der Waals surface area contributed by atoms with E-state index in [1.54, 1.807) is 0 Å². The fraction of sp³-hybridized carbons (Fsp3) is 0.310. The Balaban J connectivity index is 1.08. The Morgan fingerprint density at radius 2 is 0.542 bits per heavy atom. The highest BCUT2D eigenvalue weighted by atomic mass is 15.2. The Morgan fingerprint density at radius 1 is 0.246 bits per heavy atom. The number of hydrogen-bond acceptors (Lipinski definition) is 2. The highest BCUT2D eigenvalue weighted by Gasteiger charge is 2.46. The van der Waals surface area contributed by atoms with Gasteiger partial charge in [0, 0.05) is 69.5 Å². The first-order valence-corrected chi connectivity index (χ1v) is 43.3. The average molecular weight is 1550 g/mol. The van der Waals surface area contributed by atoms with Gasteiger partial charge in [0.2, 0.25) is 0 Å². The van der Waals surface area contributed by atoms with Gasteiger partial charge in [0.25, 0.3) is 6.71 Å². The number of para-hydroxylation sites is 4. The minimum Gasteiger partial charge on any atom is -0.311 e. The lowest BCUT2D eigenvalue weighted by Gasteiger charge is -2.46. The second kappa shape index (κ2) is 29.6. The molecule has 0 radical (unpaired) electrons. The fourth-order valence-electron chi connectivity index (χ4n) is 19.6. The number of nitrogens with zero attached hydrogens (tertiary/aromatic N) is 4. The highest BCUT2D eigenvalue weighted by Crippen LogP contribution is 2.54. The maximum absolute atomic E-state index is 11.1. The van der Waals surface area contributed by atoms with E-state index in [1.165, 1.54) is 77.2 Å². The van der Waals surface area contributed by atoms with Gasteiger partial charge in [0.05, 0.1) is 33.4 Å². The number of fused-ring (bicyclic) bond motifs is 10. The van der Waals surface area contributed by atoms with E-state index >= 15 is 0 Å². The Hall–Kier alpha value is -10.9. The highest BCUT2D eigenvalue weighted by molar-refractivity contribution is 7.00. The van der Waals surface area contributed by atoms with Crippen LogP contribution in [0.25, 0.3) is 99.5 Å². The van der Waals surface area contributed by atoms with Gasteiger partial charge >= 0.3 is 0 Å². The third kappa shape index (κ3) is 16.1. The molecule has 0 amide bonds. The van der Waals surface area contributed by atoms with Crippen molar-refractivity contribution in [1.82, 2.24) is 9.13 Å². The molecule has 596 valence electrons. The van der Waals surface area contributed by atoms with Crippen LogP contribution in [0.1, 0.15) is 187 Å². The summed E-state index contributed by atoms with van der Waals surface area (Å²) in [6, 6.07) is 103. The van der Waals surface area contributed by atoms with E-state index in [0.29, 0.717) is 5.56 Å². The smallest absolute Gasteiger partial charge is 0.252 e. The molecule has 0 saturated carbocycles. The van der Waals surface area contributed by atoms with E-state index < -0.39 is 11.8 Å². The van der Waals surface area contributed by atoms with Crippen molar-refractivity contribution in [2.45, 2.75) is 190 Å². The van der Waals surface area contributed by atoms with Crippen molar-refractivity contribution in [2.75, 3.05) is 9.80 Å². The topological polar surface area (TPSA) is 16.3 Å². The quantitative estimate of drug-likeness (QED) is 0.0951. The van der Waals surface area contributed by atoms with Gasteiger partial charge in [0.1, 0.15) is 0 Å². The second-order valence-electron chi connectivity index (χ2n) is 42.9. The molecule has 15 aromatic rings. The van der Waals surface area contributed by atoms with Gasteiger partial charge in [-0.05, 0) is 256 Å². The molecule has 5 heteroatoms. The molecule has 2 aromatic heterocycles. The van der Waals surface area contributed by atoms with Crippen LogP contribution in [-0.2, 0) is 44.9 Å². The molecule has 0 aliphatic carbocycles. The first kappa shape index (κ1) is 77.1. The monoisotopic (exact) mass is 1550 g/mol. The predicted molar refractivity (Wildman–Crippen MR) is 513 cm³/mol. The number of benzene rings is 13. The Bertz CT molecular complexity index is 6040. The summed E-state index contributed by atoms with van der Waals surface area (Å²) in [4.78, 5) is 5.29. The van der Waals surface area contributed by atoms with Crippen LogP contribution in [0.3, 0.4) is 0 Å². The van der Waals surface area contributed by atoms with Crippen molar-refractivity contribution in [2.24, 2.45) is 37.9 Å². The summed E-state index contributed by atoms with van der Waals surface area (Å²) in [5.41, 5.74) is 32.9. The minimum atomic E-state index is -1.90. The minimum absolute atomic E-state index is 0.0157. The van der Waals surface area contributed by atoms with E-state index in [-0.39, 0.29) is 39.2 Å². The van der Waals surface area contributed by atoms with E-state index in [4.69, 9.17) is 0 Å². The first-order valence-electron chi connectivity index (χ1n) is 44.3. The molecule has 0 bridgehead atoms. The lowest BCUT2D eigenvalue weighted by Crippen LogP contribution is -2.61. The Kier molecular flexibility index (Phi) is 19.3. The number of hydrogen-bond donors (Lipinski definition) is 0. The van der Waals surface area contributed by atoms with Gasteiger partial charge in [-0.1, -0.05) is 327 Å². The van der Waals surface area contributed by atoms with E-state index in [0.717, 1.165) is 145 Å². The maximum atomic E-state index is 11.1. The summed E-state index contributed by atoms with van der Waals surface area (Å²) in [5.74, 6) is 0. The second-order valence-corrected chi connectivity index (χ2v) is 42.9. The molecule has 4 nitrogen and oxygen atoms in total. The number of anilines is 6. The standard InChI is InChI=1S/C113H121BN4/c1-107(2,3)66-73-34-30-38-78(54-73)90-64-100(92(60-82(90)71-112(16,17)18)80-40-32-36-75(56-80)68-109(7,8)9)117-102-62-84(115-96-46-26-22-42-86(96)87-43-23-27-47-97(87)115)50-52-94(102)114-95-53-51-85(116-98-48-28-24-44-88(98)89-45-25-29-49-99(89)116)63-103(95)118(105-59-77(70-111(13,14)15)58-104(117)106(105)114)101-65-91(79-39-31-35-74(55-79)67-108(4,5)6)83(72-113(19,20)21)61-93(101)81-41-33-37-76(57-81)69-110(10,11)12/h22-65H,66-72H2,1-21H3/i70D2. The van der Waals surface area contributed by atoms with E-state index in [9.17, 15) is 2.74 Å². The Morgan fingerprint density at radius 3 is 0.839 bits per heavy atom. The maximum Gasteiger partial charge on any atom is 0.252 e. The van der Waals surface area contributed by atoms with Gasteiger partial charge in [-0.15, -0.1) is 0 Å². The van der Waals surface area contributed by atoms with Gasteiger partial charge in [-0.2, -0.15) is 0 Å². The van der Waals surface area contributed by atoms with Crippen LogP contribution in [0.4, 0.5) is 34.1 Å². The van der Waals surface area contributed by atoms with Crippen LogP contribution in [0.2, 0.25) is 0 Å². The molecule has 0 unspecified atom stereocenters. The molecule has 0 spiro atoms. The van der Waals surface area contributed by atoms with Crippen LogP contribution in [-0.4, -0.2) is 15.8 Å². The Labute approximate surface area is 707 Å². The van der Waals surface area contributed by atoms with Crippen molar-refractivity contribution >= 4 is 101 Å². The summed E-state index contributed by atoms with van der Waals surface area (Å²) in [5, 5.41) is 4.80. The molecule has 13 aromatic carbocycles. The third-order valence-corrected chi connectivity index (χ3v) is 23.5. The summed E-state index contributed by atoms with van der Waals surface area (Å²) in [6.45, 7) is 48.4. The summed E-state index contributed by atoms with van der Waals surface area (Å²) < 4.78 is 27.2. The number of rotatable bonds is 15. The molecule has 2 aliphatic rings. The molecule has 17 rings (SSSR count). The normalized spacial score (nSPS) is 13.9. The van der Waals surface area contributed by atoms with Crippen LogP contribution in [0, 0.1) is 37.9 Å². The lowest BCUT2D eigenvalue weighted by atomic mass is 9.33. The van der Waals surface area contributed by atoms with Crippen molar-refractivity contribution in [3.05, 3.63) is 306 Å². The van der Waals surface area contributed by atoms with Crippen molar-refractivity contribution in [3.63, 3.8) is 0 Å². The largest absolute Gasteiger partial charge is 0.311 e. The summed E-state index contributed by atoms with van der Waals surface area (Å²) in [6.07, 6.45) is 3.40. The third-order valence-electron chi connectivity index (χ3n) is 23.5. The molecule has 0 fully saturated rings. The zero-order valence-corrected chi connectivity index (χ0v) is 74.0. The number of aromatic nitrogens is 2. The van der Waals surface area contributed by atoms with Crippen molar-refractivity contribution in [3.8, 4) is 55.9 Å². The van der Waals surface area contributed by atoms with Crippen molar-refractivity contribution in [1.29, 1.82) is 0 Å². The average Bonchev–Trinajstić information content (AvgIpc) is 0.705. The molecule has 0 saturated heterocycles. The van der Waals surface area contributed by atoms with E-state index in [1.807, 2.05) is 0 Å². The zero-order valence-electron chi connectivity index (χ0n) is 76.0. The SMILES string of the molecule is [2H]C([2H])(c1cc2c3c(c1)N(c1cc(-c4cccc(CC(C)(C)C)c4)c(CC(C)(C)C)cc1-c1cccc(CC(C)(C)C)c1)c1cc(-n4c5ccccc5c5ccccc54)ccc1B3c1ccc(-n3c4ccccc4c4ccccc43)cc1N2c1cc(-c2cccc(CC(C)(C)C)c2)c(CC(C)(C)C)cc1-c1cccc(CC(C)(C)C)c1)C(C)(C)C. The van der Waals surface area contributed by atoms with Crippen LogP contribution < -0.4 is 26.2 Å². The molecule has 0 N–H and O–H groups in total. The van der Waals surface area contributed by atoms with Crippen LogP contribution in [0.15, 0.2) is 267 Å². The van der Waals surface area contributed by atoms with E-state index in [2.05, 4.69) is 431 Å².